The lowest BCUT2D eigenvalue weighted by atomic mass is 10.3. The summed E-state index contributed by atoms with van der Waals surface area (Å²) in [7, 11) is 5.30. The van der Waals surface area contributed by atoms with E-state index in [4.69, 9.17) is 10.5 Å². The van der Waals surface area contributed by atoms with E-state index in [1.807, 2.05) is 19.0 Å². The molecule has 80 valence electrons. The number of thiazole rings is 1. The molecule has 0 aliphatic carbocycles. The highest BCUT2D eigenvalue weighted by molar-refractivity contribution is 7.16. The monoisotopic (exact) mass is 217 g/mol. The maximum absolute atomic E-state index is 9.58. The number of nitrogens with zero attached hydrogens (tertiary/aromatic N) is 2. The normalized spacial score (nSPS) is 12.6. The number of rotatable bonds is 4. The lowest BCUT2D eigenvalue weighted by Crippen LogP contribution is -2.11. The summed E-state index contributed by atoms with van der Waals surface area (Å²) >= 11 is 1.38. The van der Waals surface area contributed by atoms with Gasteiger partial charge in [-0.15, -0.1) is 0 Å². The van der Waals surface area contributed by atoms with Crippen molar-refractivity contribution in [2.24, 2.45) is 5.73 Å². The number of hydrogen-bond acceptors (Lipinski definition) is 6. The van der Waals surface area contributed by atoms with Gasteiger partial charge in [0.05, 0.1) is 12.0 Å². The molecule has 1 rings (SSSR count). The minimum Gasteiger partial charge on any atom is -0.480 e. The second-order valence-corrected chi connectivity index (χ2v) is 4.02. The summed E-state index contributed by atoms with van der Waals surface area (Å²) in [6.07, 6.45) is -0.698. The summed E-state index contributed by atoms with van der Waals surface area (Å²) in [5.74, 6) is 0.455. The van der Waals surface area contributed by atoms with Crippen LogP contribution in [0, 0.1) is 0 Å². The van der Waals surface area contributed by atoms with Crippen molar-refractivity contribution in [2.75, 3.05) is 32.6 Å². The minimum atomic E-state index is -0.698. The Bertz CT molecular complexity index is 301. The fraction of sp³-hybridized carbons (Fsp3) is 0.625. The van der Waals surface area contributed by atoms with Crippen LogP contribution in [0.1, 0.15) is 11.0 Å². The number of anilines is 1. The largest absolute Gasteiger partial charge is 0.480 e. The smallest absolute Gasteiger partial charge is 0.232 e. The SMILES string of the molecule is COc1nc(N(C)C)sc1[C@H](O)CN. The zero-order chi connectivity index (χ0) is 10.7. The topological polar surface area (TPSA) is 71.6 Å². The van der Waals surface area contributed by atoms with Crippen molar-refractivity contribution in [3.8, 4) is 5.88 Å². The second-order valence-electron chi connectivity index (χ2n) is 3.02. The Morgan fingerprint density at radius 3 is 2.71 bits per heavy atom. The molecule has 1 aromatic heterocycles. The molecule has 6 heteroatoms. The van der Waals surface area contributed by atoms with Crippen LogP contribution in [0.4, 0.5) is 5.13 Å². The number of methoxy groups -OCH3 is 1. The number of aliphatic hydroxyl groups excluding tert-OH is 1. The Labute approximate surface area is 87.1 Å². The van der Waals surface area contributed by atoms with Crippen LogP contribution in [-0.2, 0) is 0 Å². The van der Waals surface area contributed by atoms with E-state index in [0.717, 1.165) is 5.13 Å². The third kappa shape index (κ3) is 2.14. The molecule has 0 aliphatic heterocycles. The van der Waals surface area contributed by atoms with Gasteiger partial charge in [0.25, 0.3) is 0 Å². The summed E-state index contributed by atoms with van der Waals surface area (Å²) in [5.41, 5.74) is 5.37. The molecule has 0 fully saturated rings. The number of aromatic nitrogens is 1. The zero-order valence-electron chi connectivity index (χ0n) is 8.52. The van der Waals surface area contributed by atoms with Crippen LogP contribution in [0.2, 0.25) is 0 Å². The van der Waals surface area contributed by atoms with Crippen molar-refractivity contribution in [1.82, 2.24) is 4.98 Å². The predicted octanol–water partition coefficient (Wildman–Crippen LogP) is 0.210. The lowest BCUT2D eigenvalue weighted by Gasteiger charge is -2.06. The van der Waals surface area contributed by atoms with Gasteiger partial charge in [-0.2, -0.15) is 4.98 Å². The van der Waals surface area contributed by atoms with Crippen LogP contribution in [0.25, 0.3) is 0 Å². The van der Waals surface area contributed by atoms with Gasteiger partial charge in [-0.3, -0.25) is 0 Å². The van der Waals surface area contributed by atoms with E-state index in [-0.39, 0.29) is 6.54 Å². The van der Waals surface area contributed by atoms with Crippen molar-refractivity contribution < 1.29 is 9.84 Å². The molecule has 0 unspecified atom stereocenters. The number of ether oxygens (including phenoxy) is 1. The molecule has 1 aromatic rings. The molecule has 5 nitrogen and oxygen atoms in total. The molecule has 0 radical (unpaired) electrons. The molecule has 1 atom stereocenters. The molecule has 0 aliphatic rings. The third-order valence-corrected chi connectivity index (χ3v) is 3.02. The van der Waals surface area contributed by atoms with Crippen LogP contribution < -0.4 is 15.4 Å². The van der Waals surface area contributed by atoms with Crippen molar-refractivity contribution >= 4 is 16.5 Å². The summed E-state index contributed by atoms with van der Waals surface area (Å²) < 4.78 is 5.06. The van der Waals surface area contributed by atoms with Gasteiger partial charge in [0.15, 0.2) is 5.13 Å². The zero-order valence-corrected chi connectivity index (χ0v) is 9.34. The highest BCUT2D eigenvalue weighted by atomic mass is 32.1. The molecule has 14 heavy (non-hydrogen) atoms. The van der Waals surface area contributed by atoms with Gasteiger partial charge >= 0.3 is 0 Å². The van der Waals surface area contributed by atoms with Crippen LogP contribution >= 0.6 is 11.3 Å². The van der Waals surface area contributed by atoms with Gasteiger partial charge in [0.1, 0.15) is 6.10 Å². The van der Waals surface area contributed by atoms with Crippen LogP contribution in [0.15, 0.2) is 0 Å². The van der Waals surface area contributed by atoms with Crippen LogP contribution in [0.5, 0.6) is 5.88 Å². The Kier molecular flexibility index (Phi) is 3.68. The highest BCUT2D eigenvalue weighted by Gasteiger charge is 2.18. The van der Waals surface area contributed by atoms with Crippen LogP contribution in [0.3, 0.4) is 0 Å². The maximum atomic E-state index is 9.58. The maximum Gasteiger partial charge on any atom is 0.232 e. The van der Waals surface area contributed by atoms with Gasteiger partial charge < -0.3 is 20.5 Å². The Balaban J connectivity index is 3.02. The summed E-state index contributed by atoms with van der Waals surface area (Å²) in [4.78, 5) is 6.74. The van der Waals surface area contributed by atoms with Crippen molar-refractivity contribution in [3.05, 3.63) is 4.88 Å². The van der Waals surface area contributed by atoms with E-state index >= 15 is 0 Å². The number of nitrogens with two attached hydrogens (primary N) is 1. The summed E-state index contributed by atoms with van der Waals surface area (Å²) in [5, 5.41) is 10.4. The molecular formula is C8H15N3O2S. The minimum absolute atomic E-state index is 0.172. The average Bonchev–Trinajstić information content (AvgIpc) is 2.60. The van der Waals surface area contributed by atoms with E-state index in [9.17, 15) is 5.11 Å². The standard InChI is InChI=1S/C8H15N3O2S/c1-11(2)8-10-7(13-3)6(14-8)5(12)4-9/h5,12H,4,9H2,1-3H3/t5-/m1/s1. The number of hydrogen-bond donors (Lipinski definition) is 2. The first-order valence-corrected chi connectivity index (χ1v) is 5.02. The molecule has 0 amide bonds. The van der Waals surface area contributed by atoms with Crippen molar-refractivity contribution in [2.45, 2.75) is 6.10 Å². The molecule has 1 heterocycles. The first-order valence-electron chi connectivity index (χ1n) is 4.20. The van der Waals surface area contributed by atoms with Gasteiger partial charge in [0.2, 0.25) is 5.88 Å². The Morgan fingerprint density at radius 2 is 2.29 bits per heavy atom. The van der Waals surface area contributed by atoms with E-state index in [2.05, 4.69) is 4.98 Å². The Hall–Kier alpha value is -0.850. The van der Waals surface area contributed by atoms with E-state index in [0.29, 0.717) is 10.8 Å². The lowest BCUT2D eigenvalue weighted by molar-refractivity contribution is 0.185. The average molecular weight is 217 g/mol. The van der Waals surface area contributed by atoms with Gasteiger partial charge in [-0.25, -0.2) is 0 Å². The quantitative estimate of drug-likeness (QED) is 0.754. The van der Waals surface area contributed by atoms with E-state index in [1.165, 1.54) is 18.4 Å². The summed E-state index contributed by atoms with van der Waals surface area (Å²) in [6.45, 7) is 0.172. The Morgan fingerprint density at radius 1 is 1.64 bits per heavy atom. The molecule has 0 spiro atoms. The van der Waals surface area contributed by atoms with Gasteiger partial charge in [0, 0.05) is 20.6 Å². The molecule has 0 saturated heterocycles. The molecule has 0 saturated carbocycles. The van der Waals surface area contributed by atoms with Gasteiger partial charge in [-0.05, 0) is 0 Å². The number of aliphatic hydroxyl groups is 1. The van der Waals surface area contributed by atoms with Crippen molar-refractivity contribution in [1.29, 1.82) is 0 Å². The first kappa shape index (κ1) is 11.2. The predicted molar refractivity (Wildman–Crippen MR) is 57.0 cm³/mol. The molecular weight excluding hydrogens is 202 g/mol. The van der Waals surface area contributed by atoms with Crippen molar-refractivity contribution in [3.63, 3.8) is 0 Å². The molecule has 3 N–H and O–H groups in total. The van der Waals surface area contributed by atoms with Gasteiger partial charge in [-0.1, -0.05) is 11.3 Å². The molecule has 0 bridgehead atoms. The van der Waals surface area contributed by atoms with E-state index < -0.39 is 6.10 Å². The molecule has 0 aromatic carbocycles. The second kappa shape index (κ2) is 4.59. The first-order chi connectivity index (χ1) is 6.60. The fourth-order valence-corrected chi connectivity index (χ4v) is 1.92. The fourth-order valence-electron chi connectivity index (χ4n) is 0.962. The third-order valence-electron chi connectivity index (χ3n) is 1.71. The summed E-state index contributed by atoms with van der Waals surface area (Å²) in [6, 6.07) is 0. The van der Waals surface area contributed by atoms with E-state index in [1.54, 1.807) is 0 Å². The van der Waals surface area contributed by atoms with Crippen LogP contribution in [-0.4, -0.2) is 37.8 Å². The highest BCUT2D eigenvalue weighted by Crippen LogP contribution is 2.34.